The first kappa shape index (κ1) is 26.2. The van der Waals surface area contributed by atoms with Crippen molar-refractivity contribution in [3.05, 3.63) is 11.3 Å². The Kier molecular flexibility index (Phi) is 8.54. The van der Waals surface area contributed by atoms with Crippen LogP contribution in [0.15, 0.2) is 0 Å². The molecule has 2 saturated heterocycles. The van der Waals surface area contributed by atoms with Crippen LogP contribution in [0, 0.1) is 11.3 Å². The molecule has 3 aliphatic heterocycles. The van der Waals surface area contributed by atoms with Gasteiger partial charge in [-0.05, 0) is 53.1 Å². The standard InChI is InChI=1S/C24H36IN7O3/c1-24(2,3)35-23(33)32-12-11-30(14-17(32)6-8-26)21-19-7-9-27-13-20(19)28-22(29-21)34-15-18-5-4-10-31(18)16-25/h17-18,27H,4-7,9-16H2,1-3H3. The maximum atomic E-state index is 12.8. The van der Waals surface area contributed by atoms with E-state index in [1.807, 2.05) is 20.8 Å². The van der Waals surface area contributed by atoms with Crippen molar-refractivity contribution in [3.63, 3.8) is 0 Å². The zero-order chi connectivity index (χ0) is 25.0. The quantitative estimate of drug-likeness (QED) is 0.301. The molecular formula is C24H36IN7O3. The lowest BCUT2D eigenvalue weighted by Gasteiger charge is -2.42. The maximum absolute atomic E-state index is 12.8. The van der Waals surface area contributed by atoms with Crippen LogP contribution in [-0.4, -0.2) is 87.4 Å². The molecule has 1 amide bonds. The van der Waals surface area contributed by atoms with Crippen molar-refractivity contribution < 1.29 is 14.3 Å². The first-order valence-electron chi connectivity index (χ1n) is 12.4. The average Bonchev–Trinajstić information content (AvgIpc) is 3.29. The molecule has 2 fully saturated rings. The molecule has 1 N–H and O–H groups in total. The number of nitrogens with one attached hydrogen (secondary N) is 1. The molecule has 0 radical (unpaired) electrons. The molecular weight excluding hydrogens is 561 g/mol. The Labute approximate surface area is 221 Å². The highest BCUT2D eigenvalue weighted by atomic mass is 127. The fourth-order valence-corrected chi connectivity index (χ4v) is 5.84. The first-order chi connectivity index (χ1) is 16.8. The zero-order valence-electron chi connectivity index (χ0n) is 20.9. The highest BCUT2D eigenvalue weighted by molar-refractivity contribution is 14.1. The molecule has 10 nitrogen and oxygen atoms in total. The van der Waals surface area contributed by atoms with Crippen LogP contribution in [0.1, 0.15) is 51.3 Å². The molecule has 0 aliphatic carbocycles. The summed E-state index contributed by atoms with van der Waals surface area (Å²) in [6, 6.07) is 2.78. The lowest BCUT2D eigenvalue weighted by Crippen LogP contribution is -2.56. The number of halogens is 1. The van der Waals surface area contributed by atoms with E-state index in [2.05, 4.69) is 43.8 Å². The van der Waals surface area contributed by atoms with Gasteiger partial charge in [0.1, 0.15) is 18.0 Å². The molecule has 0 saturated carbocycles. The molecule has 1 aromatic heterocycles. The molecule has 2 unspecified atom stereocenters. The van der Waals surface area contributed by atoms with Crippen molar-refractivity contribution in [1.29, 1.82) is 5.26 Å². The van der Waals surface area contributed by atoms with Crippen molar-refractivity contribution in [2.45, 2.75) is 70.7 Å². The third kappa shape index (κ3) is 6.46. The number of nitrogens with zero attached hydrogens (tertiary/aromatic N) is 6. The fourth-order valence-electron chi connectivity index (χ4n) is 4.94. The van der Waals surface area contributed by atoms with E-state index in [4.69, 9.17) is 19.4 Å². The van der Waals surface area contributed by atoms with E-state index in [0.717, 1.165) is 47.6 Å². The van der Waals surface area contributed by atoms with Crippen molar-refractivity contribution in [3.8, 4) is 12.1 Å². The minimum Gasteiger partial charge on any atom is -0.462 e. The smallest absolute Gasteiger partial charge is 0.410 e. The number of carbonyl (C=O) groups excluding carboxylic acids is 1. The summed E-state index contributed by atoms with van der Waals surface area (Å²) >= 11 is 2.41. The topological polar surface area (TPSA) is 107 Å². The van der Waals surface area contributed by atoms with Crippen LogP contribution < -0.4 is 15.0 Å². The van der Waals surface area contributed by atoms with Crippen LogP contribution in [0.3, 0.4) is 0 Å². The van der Waals surface area contributed by atoms with Crippen LogP contribution in [0.2, 0.25) is 0 Å². The minimum absolute atomic E-state index is 0.238. The van der Waals surface area contributed by atoms with E-state index < -0.39 is 5.60 Å². The Hall–Kier alpha value is -1.91. The average molecular weight is 598 g/mol. The van der Waals surface area contributed by atoms with Crippen LogP contribution in [0.4, 0.5) is 10.6 Å². The Bertz CT molecular complexity index is 948. The normalized spacial score (nSPS) is 23.1. The second kappa shape index (κ2) is 11.4. The number of carbonyl (C=O) groups is 1. The van der Waals surface area contributed by atoms with Gasteiger partial charge in [0, 0.05) is 37.8 Å². The first-order valence-corrected chi connectivity index (χ1v) is 14.0. The van der Waals surface area contributed by atoms with Gasteiger partial charge in [0.25, 0.3) is 0 Å². The Balaban J connectivity index is 1.53. The van der Waals surface area contributed by atoms with Crippen molar-refractivity contribution >= 4 is 34.5 Å². The number of fused-ring (bicyclic) bond motifs is 1. The van der Waals surface area contributed by atoms with Crippen LogP contribution in [-0.2, 0) is 17.7 Å². The fraction of sp³-hybridized carbons (Fsp3) is 0.750. The molecule has 11 heteroatoms. The van der Waals surface area contributed by atoms with Gasteiger partial charge in [0.2, 0.25) is 0 Å². The van der Waals surface area contributed by atoms with E-state index in [-0.39, 0.29) is 18.6 Å². The van der Waals surface area contributed by atoms with E-state index in [1.54, 1.807) is 4.90 Å². The van der Waals surface area contributed by atoms with E-state index in [9.17, 15) is 10.1 Å². The summed E-state index contributed by atoms with van der Waals surface area (Å²) in [6.07, 6.45) is 3.03. The van der Waals surface area contributed by atoms with Crippen LogP contribution in [0.5, 0.6) is 6.01 Å². The minimum atomic E-state index is -0.581. The molecule has 3 aliphatic rings. The zero-order valence-corrected chi connectivity index (χ0v) is 23.1. The summed E-state index contributed by atoms with van der Waals surface area (Å²) in [5, 5.41) is 12.9. The van der Waals surface area contributed by atoms with Crippen molar-refractivity contribution in [2.75, 3.05) is 48.8 Å². The molecule has 0 spiro atoms. The molecule has 2 atom stereocenters. The van der Waals surface area contributed by atoms with Gasteiger partial charge in [-0.2, -0.15) is 15.2 Å². The molecule has 192 valence electrons. The SMILES string of the molecule is CC(C)(C)OC(=O)N1CCN(c2nc(OCC3CCCN3CI)nc3c2CCNC3)CC1CC#N. The van der Waals surface area contributed by atoms with E-state index in [1.165, 1.54) is 6.42 Å². The summed E-state index contributed by atoms with van der Waals surface area (Å²) in [6.45, 7) is 10.4. The van der Waals surface area contributed by atoms with Crippen LogP contribution >= 0.6 is 22.6 Å². The molecule has 0 aromatic carbocycles. The third-order valence-electron chi connectivity index (χ3n) is 6.69. The number of ether oxygens (including phenoxy) is 2. The van der Waals surface area contributed by atoms with Gasteiger partial charge in [0.15, 0.2) is 0 Å². The third-order valence-corrected chi connectivity index (χ3v) is 7.57. The largest absolute Gasteiger partial charge is 0.462 e. The summed E-state index contributed by atoms with van der Waals surface area (Å²) in [5.41, 5.74) is 1.52. The lowest BCUT2D eigenvalue weighted by atomic mass is 10.0. The van der Waals surface area contributed by atoms with Gasteiger partial charge < -0.3 is 24.6 Å². The molecule has 1 aromatic rings. The van der Waals surface area contributed by atoms with Crippen LogP contribution in [0.25, 0.3) is 0 Å². The number of piperazine rings is 1. The Morgan fingerprint density at radius 3 is 2.83 bits per heavy atom. The molecule has 4 rings (SSSR count). The maximum Gasteiger partial charge on any atom is 0.410 e. The molecule has 35 heavy (non-hydrogen) atoms. The van der Waals surface area contributed by atoms with Crippen molar-refractivity contribution in [2.24, 2.45) is 0 Å². The number of aromatic nitrogens is 2. The monoisotopic (exact) mass is 597 g/mol. The number of alkyl halides is 1. The number of likely N-dealkylation sites (tertiary alicyclic amines) is 1. The van der Waals surface area contributed by atoms with Gasteiger partial charge in [-0.3, -0.25) is 4.90 Å². The molecule has 4 heterocycles. The van der Waals surface area contributed by atoms with Gasteiger partial charge in [-0.1, -0.05) is 22.6 Å². The van der Waals surface area contributed by atoms with Gasteiger partial charge in [-0.25, -0.2) is 4.79 Å². The van der Waals surface area contributed by atoms with E-state index in [0.29, 0.717) is 44.8 Å². The highest BCUT2D eigenvalue weighted by Crippen LogP contribution is 2.29. The predicted molar refractivity (Wildman–Crippen MR) is 141 cm³/mol. The Morgan fingerprint density at radius 2 is 2.09 bits per heavy atom. The predicted octanol–water partition coefficient (Wildman–Crippen LogP) is 2.70. The summed E-state index contributed by atoms with van der Waals surface area (Å²) in [4.78, 5) is 28.7. The number of hydrogen-bond acceptors (Lipinski definition) is 9. The van der Waals surface area contributed by atoms with E-state index >= 15 is 0 Å². The summed E-state index contributed by atoms with van der Waals surface area (Å²) in [7, 11) is 0. The van der Waals surface area contributed by atoms with Gasteiger partial charge in [0.05, 0.1) is 28.8 Å². The van der Waals surface area contributed by atoms with Crippen molar-refractivity contribution in [1.82, 2.24) is 25.1 Å². The number of rotatable bonds is 6. The molecule has 0 bridgehead atoms. The number of anilines is 1. The number of hydrogen-bond donors (Lipinski definition) is 1. The second-order valence-electron chi connectivity index (χ2n) is 10.4. The van der Waals surface area contributed by atoms with Gasteiger partial charge in [-0.15, -0.1) is 0 Å². The van der Waals surface area contributed by atoms with Gasteiger partial charge >= 0.3 is 12.1 Å². The lowest BCUT2D eigenvalue weighted by molar-refractivity contribution is 0.0144. The Morgan fingerprint density at radius 1 is 1.26 bits per heavy atom. The summed E-state index contributed by atoms with van der Waals surface area (Å²) < 4.78 is 12.7. The number of nitriles is 1. The number of amides is 1. The highest BCUT2D eigenvalue weighted by Gasteiger charge is 2.35. The summed E-state index contributed by atoms with van der Waals surface area (Å²) in [5.74, 6) is 0.871. The second-order valence-corrected chi connectivity index (χ2v) is 11.0.